The first-order chi connectivity index (χ1) is 7.30. The normalized spacial score (nSPS) is 12.1. The lowest BCUT2D eigenvalue weighted by molar-refractivity contribution is 0.527. The van der Waals surface area contributed by atoms with Gasteiger partial charge < -0.3 is 10.2 Å². The maximum atomic E-state index is 11.2. The zero-order valence-corrected chi connectivity index (χ0v) is 9.11. The summed E-state index contributed by atoms with van der Waals surface area (Å²) >= 11 is 0. The first-order valence-corrected chi connectivity index (χ1v) is 5.77. The molecule has 7 nitrogen and oxygen atoms in total. The monoisotopic (exact) mass is 243 g/mol. The van der Waals surface area contributed by atoms with Crippen molar-refractivity contribution in [1.29, 1.82) is 0 Å². The summed E-state index contributed by atoms with van der Waals surface area (Å²) in [5.74, 6) is -0.617. The molecule has 4 N–H and O–H groups in total. The van der Waals surface area contributed by atoms with Crippen LogP contribution in [0.1, 0.15) is 0 Å². The van der Waals surface area contributed by atoms with Gasteiger partial charge in [-0.3, -0.25) is 4.57 Å². The number of nitrogen functional groups attached to an aromatic ring is 1. The summed E-state index contributed by atoms with van der Waals surface area (Å²) in [6.07, 6.45) is 0. The van der Waals surface area contributed by atoms with E-state index in [9.17, 15) is 13.2 Å². The van der Waals surface area contributed by atoms with Crippen molar-refractivity contribution >= 4 is 26.8 Å². The van der Waals surface area contributed by atoms with E-state index in [0.717, 1.165) is 0 Å². The molecule has 0 unspecified atom stereocenters. The number of hydrogen-bond acceptors (Lipinski definition) is 5. The Morgan fingerprint density at radius 2 is 2.00 bits per heavy atom. The Balaban J connectivity index is 2.95. The van der Waals surface area contributed by atoms with Crippen LogP contribution in [-0.2, 0) is 17.1 Å². The topological polar surface area (TPSA) is 121 Å². The average molecular weight is 243 g/mol. The van der Waals surface area contributed by atoms with Gasteiger partial charge in [-0.1, -0.05) is 0 Å². The molecule has 0 radical (unpaired) electrons. The van der Waals surface area contributed by atoms with Crippen LogP contribution >= 0.6 is 0 Å². The summed E-state index contributed by atoms with van der Waals surface area (Å²) in [4.78, 5) is 11.0. The number of fused-ring (bicyclic) bond motifs is 1. The van der Waals surface area contributed by atoms with Crippen molar-refractivity contribution in [3.8, 4) is 0 Å². The van der Waals surface area contributed by atoms with E-state index in [0.29, 0.717) is 5.52 Å². The zero-order valence-electron chi connectivity index (χ0n) is 8.30. The third kappa shape index (κ3) is 1.48. The van der Waals surface area contributed by atoms with E-state index in [1.165, 1.54) is 23.7 Å². The van der Waals surface area contributed by atoms with Crippen molar-refractivity contribution < 1.29 is 12.8 Å². The van der Waals surface area contributed by atoms with Crippen LogP contribution in [0.25, 0.3) is 11.1 Å². The van der Waals surface area contributed by atoms with Crippen molar-refractivity contribution in [1.82, 2.24) is 4.57 Å². The summed E-state index contributed by atoms with van der Waals surface area (Å²) in [6, 6.07) is 2.36. The Morgan fingerprint density at radius 3 is 2.56 bits per heavy atom. The molecule has 0 atom stereocenters. The van der Waals surface area contributed by atoms with E-state index < -0.39 is 15.8 Å². The average Bonchev–Trinajstić information content (AvgIpc) is 2.41. The molecule has 1 aromatic heterocycles. The van der Waals surface area contributed by atoms with Crippen LogP contribution in [0.3, 0.4) is 0 Å². The molecule has 16 heavy (non-hydrogen) atoms. The van der Waals surface area contributed by atoms with Gasteiger partial charge in [0.25, 0.3) is 0 Å². The quantitative estimate of drug-likeness (QED) is 0.645. The fourth-order valence-corrected chi connectivity index (χ4v) is 2.02. The molecule has 0 fully saturated rings. The van der Waals surface area contributed by atoms with Crippen LogP contribution in [0, 0.1) is 0 Å². The van der Waals surface area contributed by atoms with E-state index in [2.05, 4.69) is 0 Å². The van der Waals surface area contributed by atoms with Gasteiger partial charge in [-0.05, 0) is 6.07 Å². The SMILES string of the molecule is Cn1c(=O)oc2cc(S(N)(=O)=O)cc(N)c21. The summed E-state index contributed by atoms with van der Waals surface area (Å²) in [5.41, 5.74) is 6.19. The van der Waals surface area contributed by atoms with Gasteiger partial charge in [-0.2, -0.15) is 0 Å². The lowest BCUT2D eigenvalue weighted by Crippen LogP contribution is -2.13. The first-order valence-electron chi connectivity index (χ1n) is 4.22. The minimum atomic E-state index is -3.87. The number of oxazole rings is 1. The highest BCUT2D eigenvalue weighted by Crippen LogP contribution is 2.23. The van der Waals surface area contributed by atoms with Crippen LogP contribution in [0.15, 0.2) is 26.2 Å². The molecule has 2 aromatic rings. The number of primary sulfonamides is 1. The summed E-state index contributed by atoms with van der Waals surface area (Å²) in [7, 11) is -2.40. The maximum Gasteiger partial charge on any atom is 0.419 e. The predicted octanol–water partition coefficient (Wildman–Crippen LogP) is -0.639. The van der Waals surface area contributed by atoms with Crippen molar-refractivity contribution in [2.75, 3.05) is 5.73 Å². The van der Waals surface area contributed by atoms with Crippen LogP contribution in [0.4, 0.5) is 5.69 Å². The maximum absolute atomic E-state index is 11.2. The van der Waals surface area contributed by atoms with Gasteiger partial charge in [-0.15, -0.1) is 0 Å². The Hall–Kier alpha value is -1.80. The second-order valence-corrected chi connectivity index (χ2v) is 4.89. The van der Waals surface area contributed by atoms with Gasteiger partial charge in [0.1, 0.15) is 5.52 Å². The van der Waals surface area contributed by atoms with Gasteiger partial charge >= 0.3 is 5.76 Å². The Labute approximate surface area is 90.3 Å². The first kappa shape index (κ1) is 10.7. The summed E-state index contributed by atoms with van der Waals surface area (Å²) in [6.45, 7) is 0. The largest absolute Gasteiger partial charge is 0.419 e. The molecule has 0 saturated heterocycles. The van der Waals surface area contributed by atoms with Gasteiger partial charge in [0, 0.05) is 13.1 Å². The number of sulfonamides is 1. The second kappa shape index (κ2) is 3.09. The van der Waals surface area contributed by atoms with E-state index in [1.807, 2.05) is 0 Å². The highest BCUT2D eigenvalue weighted by atomic mass is 32.2. The number of aryl methyl sites for hydroxylation is 1. The number of hydrogen-bond donors (Lipinski definition) is 2. The minimum Gasteiger partial charge on any atom is -0.408 e. The van der Waals surface area contributed by atoms with E-state index >= 15 is 0 Å². The molecule has 0 spiro atoms. The van der Waals surface area contributed by atoms with E-state index in [-0.39, 0.29) is 16.2 Å². The molecule has 0 amide bonds. The van der Waals surface area contributed by atoms with Crippen molar-refractivity contribution in [2.45, 2.75) is 4.90 Å². The predicted molar refractivity (Wildman–Crippen MR) is 57.2 cm³/mol. The molecule has 8 heteroatoms. The molecular weight excluding hydrogens is 234 g/mol. The summed E-state index contributed by atoms with van der Waals surface area (Å²) < 4.78 is 28.2. The Morgan fingerprint density at radius 1 is 1.38 bits per heavy atom. The van der Waals surface area contributed by atoms with E-state index in [1.54, 1.807) is 0 Å². The van der Waals surface area contributed by atoms with Crippen molar-refractivity contribution in [3.05, 3.63) is 22.7 Å². The molecule has 1 heterocycles. The third-order valence-corrected chi connectivity index (χ3v) is 3.11. The molecule has 0 aliphatic heterocycles. The highest BCUT2D eigenvalue weighted by molar-refractivity contribution is 7.89. The number of rotatable bonds is 1. The number of aromatic nitrogens is 1. The molecule has 1 aromatic carbocycles. The summed E-state index contributed by atoms with van der Waals surface area (Å²) in [5, 5.41) is 4.95. The van der Waals surface area contributed by atoms with Crippen LogP contribution in [-0.4, -0.2) is 13.0 Å². The van der Waals surface area contributed by atoms with Gasteiger partial charge in [0.05, 0.1) is 10.6 Å². The minimum absolute atomic E-state index is 0.0940. The molecular formula is C8H9N3O4S. The Kier molecular flexibility index (Phi) is 2.07. The molecule has 0 aliphatic rings. The Bertz CT molecular complexity index is 726. The number of nitrogens with zero attached hydrogens (tertiary/aromatic N) is 1. The van der Waals surface area contributed by atoms with Crippen LogP contribution in [0.5, 0.6) is 0 Å². The molecule has 0 saturated carbocycles. The lowest BCUT2D eigenvalue weighted by Gasteiger charge is -2.01. The molecule has 86 valence electrons. The number of nitrogens with two attached hydrogens (primary N) is 2. The molecule has 0 aliphatic carbocycles. The standard InChI is InChI=1S/C8H9N3O4S/c1-11-7-5(9)2-4(16(10,13)14)3-6(7)15-8(11)12/h2-3H,9H2,1H3,(H2,10,13,14). The molecule has 0 bridgehead atoms. The third-order valence-electron chi connectivity index (χ3n) is 2.21. The van der Waals surface area contributed by atoms with Gasteiger partial charge in [0.2, 0.25) is 10.0 Å². The number of benzene rings is 1. The smallest absolute Gasteiger partial charge is 0.408 e. The molecule has 2 rings (SSSR count). The fourth-order valence-electron chi connectivity index (χ4n) is 1.46. The van der Waals surface area contributed by atoms with Gasteiger partial charge in [0.15, 0.2) is 5.58 Å². The lowest BCUT2D eigenvalue weighted by atomic mass is 10.3. The van der Waals surface area contributed by atoms with Crippen LogP contribution < -0.4 is 16.6 Å². The fraction of sp³-hybridized carbons (Fsp3) is 0.125. The highest BCUT2D eigenvalue weighted by Gasteiger charge is 2.15. The van der Waals surface area contributed by atoms with Crippen LogP contribution in [0.2, 0.25) is 0 Å². The van der Waals surface area contributed by atoms with Crippen molar-refractivity contribution in [3.63, 3.8) is 0 Å². The second-order valence-electron chi connectivity index (χ2n) is 3.33. The van der Waals surface area contributed by atoms with Crippen molar-refractivity contribution in [2.24, 2.45) is 12.2 Å². The number of anilines is 1. The zero-order chi connectivity index (χ0) is 12.1. The van der Waals surface area contributed by atoms with E-state index in [4.69, 9.17) is 15.3 Å². The van der Waals surface area contributed by atoms with Gasteiger partial charge in [-0.25, -0.2) is 18.4 Å².